The van der Waals surface area contributed by atoms with Crippen LogP contribution >= 0.6 is 11.6 Å². The molecule has 1 fully saturated rings. The van der Waals surface area contributed by atoms with Gasteiger partial charge in [0.1, 0.15) is 32.6 Å². The second kappa shape index (κ2) is 12.4. The molecule has 1 aromatic heterocycles. The SMILES string of the molecule is COc1cc(N[C@H](C)C(F)(F)F)ccc1-n1c(CC(C)C)nc(C(=O)NC[C@H]2CC[C@H](S(C)(=O)=O)CC2)c1Cl. The molecule has 1 saturated carbocycles. The van der Waals surface area contributed by atoms with Crippen LogP contribution in [-0.4, -0.2) is 61.3 Å². The zero-order valence-electron chi connectivity index (χ0n) is 22.7. The molecule has 0 aliphatic heterocycles. The van der Waals surface area contributed by atoms with Gasteiger partial charge in [-0.3, -0.25) is 9.36 Å². The van der Waals surface area contributed by atoms with Crippen LogP contribution in [0.15, 0.2) is 18.2 Å². The van der Waals surface area contributed by atoms with Gasteiger partial charge in [-0.1, -0.05) is 25.4 Å². The van der Waals surface area contributed by atoms with Crippen molar-refractivity contribution in [1.82, 2.24) is 14.9 Å². The Morgan fingerprint density at radius 3 is 2.38 bits per heavy atom. The van der Waals surface area contributed by atoms with Gasteiger partial charge in [0.25, 0.3) is 5.91 Å². The number of imidazole rings is 1. The number of alkyl halides is 3. The summed E-state index contributed by atoms with van der Waals surface area (Å²) in [4.78, 5) is 17.7. The van der Waals surface area contributed by atoms with Gasteiger partial charge in [-0.2, -0.15) is 13.2 Å². The molecule has 8 nitrogen and oxygen atoms in total. The molecule has 3 rings (SSSR count). The van der Waals surface area contributed by atoms with Gasteiger partial charge in [-0.25, -0.2) is 13.4 Å². The first-order chi connectivity index (χ1) is 18.1. The largest absolute Gasteiger partial charge is 0.494 e. The summed E-state index contributed by atoms with van der Waals surface area (Å²) in [6.45, 7) is 5.37. The number of carbonyl (C=O) groups is 1. The molecule has 1 atom stereocenters. The summed E-state index contributed by atoms with van der Waals surface area (Å²) in [5.74, 6) is 0.639. The number of hydrogen-bond donors (Lipinski definition) is 2. The molecule has 218 valence electrons. The minimum absolute atomic E-state index is 0.0343. The van der Waals surface area contributed by atoms with Crippen molar-refractivity contribution >= 4 is 33.0 Å². The summed E-state index contributed by atoms with van der Waals surface area (Å²) in [5.41, 5.74) is 0.687. The summed E-state index contributed by atoms with van der Waals surface area (Å²) in [7, 11) is -1.67. The number of sulfone groups is 1. The lowest BCUT2D eigenvalue weighted by molar-refractivity contribution is -0.138. The number of ether oxygens (including phenoxy) is 1. The van der Waals surface area contributed by atoms with Gasteiger partial charge in [0, 0.05) is 31.0 Å². The van der Waals surface area contributed by atoms with Crippen LogP contribution in [-0.2, 0) is 16.3 Å². The predicted molar refractivity (Wildman–Crippen MR) is 146 cm³/mol. The van der Waals surface area contributed by atoms with Crippen molar-refractivity contribution < 1.29 is 31.1 Å². The van der Waals surface area contributed by atoms with E-state index in [0.717, 1.165) is 6.92 Å². The predicted octanol–water partition coefficient (Wildman–Crippen LogP) is 5.43. The maximum Gasteiger partial charge on any atom is 0.408 e. The minimum atomic E-state index is -4.42. The van der Waals surface area contributed by atoms with E-state index < -0.39 is 28.0 Å². The number of aromatic nitrogens is 2. The molecular weight excluding hydrogens is 557 g/mol. The van der Waals surface area contributed by atoms with Gasteiger partial charge in [-0.15, -0.1) is 0 Å². The number of halogens is 4. The highest BCUT2D eigenvalue weighted by molar-refractivity contribution is 7.91. The van der Waals surface area contributed by atoms with Gasteiger partial charge in [0.2, 0.25) is 0 Å². The third-order valence-corrected chi connectivity index (χ3v) is 8.97. The average Bonchev–Trinajstić information content (AvgIpc) is 3.16. The number of anilines is 1. The van der Waals surface area contributed by atoms with Crippen molar-refractivity contribution in [2.45, 2.75) is 70.3 Å². The van der Waals surface area contributed by atoms with Crippen LogP contribution in [0.4, 0.5) is 18.9 Å². The van der Waals surface area contributed by atoms with Crippen molar-refractivity contribution in [1.29, 1.82) is 0 Å². The van der Waals surface area contributed by atoms with E-state index in [9.17, 15) is 26.4 Å². The third-order valence-electron chi connectivity index (χ3n) is 6.94. The molecule has 0 unspecified atom stereocenters. The van der Waals surface area contributed by atoms with E-state index in [2.05, 4.69) is 15.6 Å². The van der Waals surface area contributed by atoms with Crippen LogP contribution in [0.5, 0.6) is 5.75 Å². The number of amides is 1. The molecule has 2 N–H and O–H groups in total. The molecule has 0 saturated heterocycles. The third kappa shape index (κ3) is 7.81. The van der Waals surface area contributed by atoms with Crippen LogP contribution < -0.4 is 15.4 Å². The first-order valence-electron chi connectivity index (χ1n) is 12.9. The molecule has 2 aromatic rings. The van der Waals surface area contributed by atoms with E-state index in [0.29, 0.717) is 50.2 Å². The second-order valence-corrected chi connectivity index (χ2v) is 13.3. The zero-order valence-corrected chi connectivity index (χ0v) is 24.3. The Labute approximate surface area is 232 Å². The van der Waals surface area contributed by atoms with Gasteiger partial charge in [0.05, 0.1) is 18.0 Å². The van der Waals surface area contributed by atoms with Crippen LogP contribution in [0.1, 0.15) is 62.8 Å². The zero-order chi connectivity index (χ0) is 29.1. The topological polar surface area (TPSA) is 102 Å². The second-order valence-electron chi connectivity index (χ2n) is 10.6. The molecule has 1 aliphatic carbocycles. The van der Waals surface area contributed by atoms with E-state index in [1.165, 1.54) is 25.5 Å². The average molecular weight is 593 g/mol. The quantitative estimate of drug-likeness (QED) is 0.381. The molecule has 1 heterocycles. The minimum Gasteiger partial charge on any atom is -0.494 e. The van der Waals surface area contributed by atoms with Crippen LogP contribution in [0.25, 0.3) is 5.69 Å². The highest BCUT2D eigenvalue weighted by Gasteiger charge is 2.36. The molecule has 39 heavy (non-hydrogen) atoms. The maximum absolute atomic E-state index is 13.1. The van der Waals surface area contributed by atoms with Crippen molar-refractivity contribution in [2.75, 3.05) is 25.2 Å². The number of rotatable bonds is 10. The summed E-state index contributed by atoms with van der Waals surface area (Å²) in [5, 5.41) is 5.03. The summed E-state index contributed by atoms with van der Waals surface area (Å²) < 4.78 is 69.8. The Bertz CT molecular complexity index is 1270. The molecule has 13 heteroatoms. The molecule has 0 spiro atoms. The number of nitrogens with one attached hydrogen (secondary N) is 2. The van der Waals surface area contributed by atoms with Crippen LogP contribution in [0.2, 0.25) is 5.15 Å². The summed E-state index contributed by atoms with van der Waals surface area (Å²) in [6, 6.07) is 2.74. The van der Waals surface area contributed by atoms with E-state index in [4.69, 9.17) is 16.3 Å². The van der Waals surface area contributed by atoms with E-state index >= 15 is 0 Å². The molecule has 1 aromatic carbocycles. The van der Waals surface area contributed by atoms with Crippen LogP contribution in [0, 0.1) is 11.8 Å². The molecule has 1 aliphatic rings. The van der Waals surface area contributed by atoms with Crippen molar-refractivity contribution in [2.24, 2.45) is 11.8 Å². The number of carbonyl (C=O) groups excluding carboxylic acids is 1. The van der Waals surface area contributed by atoms with Crippen molar-refractivity contribution in [3.63, 3.8) is 0 Å². The highest BCUT2D eigenvalue weighted by Crippen LogP contribution is 2.34. The maximum atomic E-state index is 13.1. The fourth-order valence-electron chi connectivity index (χ4n) is 4.70. The lowest BCUT2D eigenvalue weighted by Gasteiger charge is -2.27. The lowest BCUT2D eigenvalue weighted by atomic mass is 9.89. The lowest BCUT2D eigenvalue weighted by Crippen LogP contribution is -2.34. The summed E-state index contributed by atoms with van der Waals surface area (Å²) >= 11 is 6.70. The Hall–Kier alpha value is -2.47. The fourth-order valence-corrected chi connectivity index (χ4v) is 6.15. The molecular formula is C26H36ClF3N4O4S. The number of benzene rings is 1. The number of hydrogen-bond acceptors (Lipinski definition) is 6. The number of methoxy groups -OCH3 is 1. The molecule has 0 bridgehead atoms. The van der Waals surface area contributed by atoms with Gasteiger partial charge >= 0.3 is 6.18 Å². The standard InChI is InChI=1S/C26H36ClF3N4O4S/c1-15(2)12-22-33-23(25(35)31-14-17-6-9-19(10-7-17)39(5,36)37)24(27)34(22)20-11-8-18(13-21(20)38-4)32-16(3)26(28,29)30/h8,11,13,15-17,19,32H,6-7,9-10,12,14H2,1-5H3,(H,31,35)/t16-,17-,19-/m1/s1. The Morgan fingerprint density at radius 2 is 1.85 bits per heavy atom. The first kappa shape index (κ1) is 31.1. The van der Waals surface area contributed by atoms with Gasteiger partial charge in [-0.05, 0) is 56.6 Å². The van der Waals surface area contributed by atoms with E-state index in [1.807, 2.05) is 13.8 Å². The molecule has 0 radical (unpaired) electrons. The highest BCUT2D eigenvalue weighted by atomic mass is 35.5. The van der Waals surface area contributed by atoms with Gasteiger partial charge < -0.3 is 15.4 Å². The number of nitrogens with zero attached hydrogens (tertiary/aromatic N) is 2. The fraction of sp³-hybridized carbons (Fsp3) is 0.615. The monoisotopic (exact) mass is 592 g/mol. The first-order valence-corrected chi connectivity index (χ1v) is 15.2. The van der Waals surface area contributed by atoms with Gasteiger partial charge in [0.15, 0.2) is 5.69 Å². The Kier molecular flexibility index (Phi) is 9.85. The molecule has 1 amide bonds. The Balaban J connectivity index is 1.84. The van der Waals surface area contributed by atoms with Crippen molar-refractivity contribution in [3.8, 4) is 11.4 Å². The summed E-state index contributed by atoms with van der Waals surface area (Å²) in [6.07, 6.45) is -0.142. The normalized spacial score (nSPS) is 19.1. The Morgan fingerprint density at radius 1 is 1.21 bits per heavy atom. The van der Waals surface area contributed by atoms with E-state index in [1.54, 1.807) is 10.6 Å². The smallest absolute Gasteiger partial charge is 0.408 e. The van der Waals surface area contributed by atoms with E-state index in [-0.39, 0.29) is 39.4 Å². The van der Waals surface area contributed by atoms with Crippen LogP contribution in [0.3, 0.4) is 0 Å². The van der Waals surface area contributed by atoms with Crippen molar-refractivity contribution in [3.05, 3.63) is 34.9 Å².